The van der Waals surface area contributed by atoms with Gasteiger partial charge in [0, 0.05) is 16.7 Å². The predicted octanol–water partition coefficient (Wildman–Crippen LogP) is 3.00. The topological polar surface area (TPSA) is 41.1 Å². The van der Waals surface area contributed by atoms with Crippen molar-refractivity contribution in [3.63, 3.8) is 0 Å². The molecule has 1 aliphatic rings. The van der Waals surface area contributed by atoms with E-state index in [2.05, 4.69) is 26.6 Å². The molecule has 3 nitrogen and oxygen atoms in total. The Hall–Kier alpha value is -0.870. The molecule has 0 spiro atoms. The van der Waals surface area contributed by atoms with E-state index < -0.39 is 0 Å². The van der Waals surface area contributed by atoms with Gasteiger partial charge in [0.25, 0.3) is 0 Å². The third-order valence-electron chi connectivity index (χ3n) is 3.37. The zero-order valence-electron chi connectivity index (χ0n) is 10.8. The summed E-state index contributed by atoms with van der Waals surface area (Å²) in [6, 6.07) is 4.01. The summed E-state index contributed by atoms with van der Waals surface area (Å²) in [5.41, 5.74) is 3.18. The number of anilines is 1. The number of hydrogen-bond acceptors (Lipinski definition) is 2. The van der Waals surface area contributed by atoms with Gasteiger partial charge in [0.1, 0.15) is 0 Å². The number of carbonyl (C=O) groups excluding carboxylic acids is 1. The maximum atomic E-state index is 12.1. The molecule has 1 aromatic rings. The van der Waals surface area contributed by atoms with Gasteiger partial charge in [-0.05, 0) is 56.5 Å². The maximum Gasteiger partial charge on any atom is 0.228 e. The molecule has 0 saturated carbocycles. The zero-order chi connectivity index (χ0) is 13.1. The molecule has 0 radical (unpaired) electrons. The van der Waals surface area contributed by atoms with E-state index in [0.717, 1.165) is 47.2 Å². The molecular weight excluding hydrogens is 292 g/mol. The summed E-state index contributed by atoms with van der Waals surface area (Å²) < 4.78 is 1.11. The molecule has 98 valence electrons. The van der Waals surface area contributed by atoms with Gasteiger partial charge < -0.3 is 10.6 Å². The first kappa shape index (κ1) is 13.6. The van der Waals surface area contributed by atoms with Gasteiger partial charge in [0.15, 0.2) is 0 Å². The van der Waals surface area contributed by atoms with Crippen LogP contribution in [-0.2, 0) is 4.79 Å². The van der Waals surface area contributed by atoms with Crippen molar-refractivity contribution in [1.82, 2.24) is 5.32 Å². The molecule has 2 rings (SSSR count). The van der Waals surface area contributed by atoms with Crippen molar-refractivity contribution in [2.75, 3.05) is 18.4 Å². The smallest absolute Gasteiger partial charge is 0.228 e. The highest BCUT2D eigenvalue weighted by Crippen LogP contribution is 2.25. The Bertz CT molecular complexity index is 430. The number of rotatable bonds is 2. The van der Waals surface area contributed by atoms with E-state index >= 15 is 0 Å². The molecule has 1 atom stereocenters. The quantitative estimate of drug-likeness (QED) is 0.881. The summed E-state index contributed by atoms with van der Waals surface area (Å²) in [4.78, 5) is 12.1. The lowest BCUT2D eigenvalue weighted by Crippen LogP contribution is -2.37. The number of carbonyl (C=O) groups is 1. The first-order chi connectivity index (χ1) is 8.58. The van der Waals surface area contributed by atoms with Crippen LogP contribution in [0, 0.1) is 19.8 Å². The number of benzene rings is 1. The van der Waals surface area contributed by atoms with Crippen molar-refractivity contribution in [2.24, 2.45) is 5.92 Å². The molecule has 1 aliphatic heterocycles. The highest BCUT2D eigenvalue weighted by atomic mass is 79.9. The number of halogens is 1. The highest BCUT2D eigenvalue weighted by molar-refractivity contribution is 9.10. The van der Waals surface area contributed by atoms with Crippen LogP contribution in [0.1, 0.15) is 24.0 Å². The van der Waals surface area contributed by atoms with E-state index in [9.17, 15) is 4.79 Å². The Balaban J connectivity index is 2.06. The van der Waals surface area contributed by atoms with Crippen LogP contribution in [0.4, 0.5) is 5.69 Å². The Morgan fingerprint density at radius 1 is 1.39 bits per heavy atom. The molecule has 1 aromatic carbocycles. The van der Waals surface area contributed by atoms with Crippen molar-refractivity contribution in [2.45, 2.75) is 26.7 Å². The molecule has 0 bridgehead atoms. The van der Waals surface area contributed by atoms with Crippen LogP contribution in [-0.4, -0.2) is 19.0 Å². The number of aryl methyl sites for hydroxylation is 2. The Labute approximate surface area is 116 Å². The Kier molecular flexibility index (Phi) is 4.40. The Morgan fingerprint density at radius 3 is 2.61 bits per heavy atom. The molecule has 0 aliphatic carbocycles. The normalized spacial score (nSPS) is 19.6. The maximum absolute atomic E-state index is 12.1. The van der Waals surface area contributed by atoms with Crippen LogP contribution >= 0.6 is 15.9 Å². The first-order valence-corrected chi connectivity index (χ1v) is 7.15. The molecule has 0 unspecified atom stereocenters. The molecular formula is C14H19BrN2O. The van der Waals surface area contributed by atoms with Crippen molar-refractivity contribution in [3.05, 3.63) is 27.7 Å². The third kappa shape index (κ3) is 3.12. The lowest BCUT2D eigenvalue weighted by Gasteiger charge is -2.22. The number of piperidine rings is 1. The fourth-order valence-electron chi connectivity index (χ4n) is 2.34. The average molecular weight is 311 g/mol. The standard InChI is InChI=1S/C14H19BrN2O/c1-9-6-12(7-10(2)13(9)15)17-14(18)11-4-3-5-16-8-11/h6-7,11,16H,3-5,8H2,1-2H3,(H,17,18)/t11-/m1/s1. The van der Waals surface area contributed by atoms with Gasteiger partial charge in [-0.1, -0.05) is 15.9 Å². The second kappa shape index (κ2) is 5.85. The molecule has 1 amide bonds. The molecule has 2 N–H and O–H groups in total. The van der Waals surface area contributed by atoms with E-state index in [4.69, 9.17) is 0 Å². The van der Waals surface area contributed by atoms with Crippen LogP contribution in [0.3, 0.4) is 0 Å². The minimum absolute atomic E-state index is 0.100. The van der Waals surface area contributed by atoms with E-state index in [-0.39, 0.29) is 11.8 Å². The van der Waals surface area contributed by atoms with Gasteiger partial charge in [-0.3, -0.25) is 4.79 Å². The SMILES string of the molecule is Cc1cc(NC(=O)[C@@H]2CCCNC2)cc(C)c1Br. The van der Waals surface area contributed by atoms with Crippen molar-refractivity contribution >= 4 is 27.5 Å². The van der Waals surface area contributed by atoms with Gasteiger partial charge in [-0.25, -0.2) is 0 Å². The molecule has 4 heteroatoms. The molecule has 0 aromatic heterocycles. The van der Waals surface area contributed by atoms with Gasteiger partial charge >= 0.3 is 0 Å². The summed E-state index contributed by atoms with van der Waals surface area (Å²) in [5.74, 6) is 0.228. The van der Waals surface area contributed by atoms with E-state index in [1.807, 2.05) is 26.0 Å². The van der Waals surface area contributed by atoms with E-state index in [1.165, 1.54) is 0 Å². The molecule has 18 heavy (non-hydrogen) atoms. The summed E-state index contributed by atoms with van der Waals surface area (Å²) in [6.07, 6.45) is 2.06. The van der Waals surface area contributed by atoms with Crippen LogP contribution in [0.25, 0.3) is 0 Å². The largest absolute Gasteiger partial charge is 0.326 e. The van der Waals surface area contributed by atoms with Crippen LogP contribution < -0.4 is 10.6 Å². The van der Waals surface area contributed by atoms with Crippen molar-refractivity contribution < 1.29 is 4.79 Å². The Morgan fingerprint density at radius 2 is 2.06 bits per heavy atom. The summed E-state index contributed by atoms with van der Waals surface area (Å²) in [7, 11) is 0. The van der Waals surface area contributed by atoms with Gasteiger partial charge in [0.2, 0.25) is 5.91 Å². The fraction of sp³-hybridized carbons (Fsp3) is 0.500. The minimum Gasteiger partial charge on any atom is -0.326 e. The highest BCUT2D eigenvalue weighted by Gasteiger charge is 2.21. The molecule has 1 fully saturated rings. The number of hydrogen-bond donors (Lipinski definition) is 2. The summed E-state index contributed by atoms with van der Waals surface area (Å²) >= 11 is 3.53. The fourth-order valence-corrected chi connectivity index (χ4v) is 2.57. The van der Waals surface area contributed by atoms with Crippen LogP contribution in [0.2, 0.25) is 0 Å². The second-order valence-electron chi connectivity index (χ2n) is 4.96. The second-order valence-corrected chi connectivity index (χ2v) is 5.75. The monoisotopic (exact) mass is 310 g/mol. The lowest BCUT2D eigenvalue weighted by atomic mass is 9.98. The van der Waals surface area contributed by atoms with Gasteiger partial charge in [0.05, 0.1) is 5.92 Å². The first-order valence-electron chi connectivity index (χ1n) is 6.36. The zero-order valence-corrected chi connectivity index (χ0v) is 12.4. The summed E-state index contributed by atoms with van der Waals surface area (Å²) in [6.45, 7) is 5.89. The van der Waals surface area contributed by atoms with Crippen molar-refractivity contribution in [1.29, 1.82) is 0 Å². The van der Waals surface area contributed by atoms with Crippen LogP contribution in [0.5, 0.6) is 0 Å². The number of nitrogens with one attached hydrogen (secondary N) is 2. The minimum atomic E-state index is 0.100. The molecule has 1 heterocycles. The van der Waals surface area contributed by atoms with Crippen LogP contribution in [0.15, 0.2) is 16.6 Å². The van der Waals surface area contributed by atoms with Crippen molar-refractivity contribution in [3.8, 4) is 0 Å². The summed E-state index contributed by atoms with van der Waals surface area (Å²) in [5, 5.41) is 6.29. The van der Waals surface area contributed by atoms with Gasteiger partial charge in [-0.15, -0.1) is 0 Å². The third-order valence-corrected chi connectivity index (χ3v) is 4.62. The lowest BCUT2D eigenvalue weighted by molar-refractivity contribution is -0.120. The average Bonchev–Trinajstić information content (AvgIpc) is 2.37. The van der Waals surface area contributed by atoms with Gasteiger partial charge in [-0.2, -0.15) is 0 Å². The number of amides is 1. The van der Waals surface area contributed by atoms with E-state index in [0.29, 0.717) is 0 Å². The predicted molar refractivity (Wildman–Crippen MR) is 77.8 cm³/mol. The molecule has 1 saturated heterocycles. The van der Waals surface area contributed by atoms with E-state index in [1.54, 1.807) is 0 Å².